The molecule has 0 radical (unpaired) electrons. The summed E-state index contributed by atoms with van der Waals surface area (Å²) in [5, 5.41) is 3.24. The highest BCUT2D eigenvalue weighted by molar-refractivity contribution is 7.92. The van der Waals surface area contributed by atoms with Crippen LogP contribution in [-0.4, -0.2) is 39.3 Å². The normalized spacial score (nSPS) is 13.4. The lowest BCUT2D eigenvalue weighted by atomic mass is 10.2. The van der Waals surface area contributed by atoms with Gasteiger partial charge in [-0.25, -0.2) is 8.42 Å². The van der Waals surface area contributed by atoms with E-state index < -0.39 is 22.0 Å². The Hall–Kier alpha value is -2.25. The van der Waals surface area contributed by atoms with E-state index >= 15 is 0 Å². The molecule has 29 heavy (non-hydrogen) atoms. The zero-order valence-corrected chi connectivity index (χ0v) is 18.8. The molecule has 8 heteroatoms. The van der Waals surface area contributed by atoms with Crippen molar-refractivity contribution in [1.29, 1.82) is 0 Å². The maximum absolute atomic E-state index is 12.7. The molecule has 2 aromatic rings. The summed E-state index contributed by atoms with van der Waals surface area (Å²) in [4.78, 5) is 12.7. The van der Waals surface area contributed by atoms with Crippen molar-refractivity contribution in [3.63, 3.8) is 0 Å². The van der Waals surface area contributed by atoms with Crippen LogP contribution in [0.5, 0.6) is 5.75 Å². The number of sulfonamides is 1. The van der Waals surface area contributed by atoms with Gasteiger partial charge in [0.2, 0.25) is 15.9 Å². The van der Waals surface area contributed by atoms with Crippen LogP contribution in [0.2, 0.25) is 5.02 Å². The standard InChI is InChI=1S/C21H27ClN2O4S/c1-14-6-10-19(11-7-14)28-13-16(3)23-21(25)17(4)24(29(5,26)27)18-9-8-15(2)20(22)12-18/h6-12,16-17H,13H2,1-5H3,(H,23,25)/t16-,17-/m1/s1. The van der Waals surface area contributed by atoms with Crippen molar-refractivity contribution in [2.45, 2.75) is 39.8 Å². The van der Waals surface area contributed by atoms with Gasteiger partial charge in [0.1, 0.15) is 18.4 Å². The summed E-state index contributed by atoms with van der Waals surface area (Å²) in [6.07, 6.45) is 1.06. The summed E-state index contributed by atoms with van der Waals surface area (Å²) in [7, 11) is -3.70. The SMILES string of the molecule is Cc1ccc(OC[C@@H](C)NC(=O)[C@@H](C)N(c2ccc(C)c(Cl)c2)S(C)(=O)=O)cc1. The Morgan fingerprint density at radius 2 is 1.76 bits per heavy atom. The summed E-state index contributed by atoms with van der Waals surface area (Å²) in [6, 6.07) is 11.2. The molecule has 6 nitrogen and oxygen atoms in total. The fourth-order valence-electron chi connectivity index (χ4n) is 2.79. The number of rotatable bonds is 8. The predicted octanol–water partition coefficient (Wildman–Crippen LogP) is 3.70. The molecule has 0 aliphatic carbocycles. The molecule has 0 saturated heterocycles. The number of amides is 1. The maximum atomic E-state index is 12.7. The fourth-order valence-corrected chi connectivity index (χ4v) is 4.13. The Bertz CT molecular complexity index is 961. The summed E-state index contributed by atoms with van der Waals surface area (Å²) in [6.45, 7) is 7.41. The van der Waals surface area contributed by atoms with Gasteiger partial charge in [0.05, 0.1) is 18.0 Å². The molecule has 2 rings (SSSR count). The number of hydrogen-bond acceptors (Lipinski definition) is 4. The Labute approximate surface area is 177 Å². The zero-order valence-electron chi connectivity index (χ0n) is 17.3. The van der Waals surface area contributed by atoms with E-state index in [4.69, 9.17) is 16.3 Å². The Balaban J connectivity index is 2.08. The Kier molecular flexibility index (Phi) is 7.54. The van der Waals surface area contributed by atoms with Crippen LogP contribution in [0.4, 0.5) is 5.69 Å². The molecule has 158 valence electrons. The molecule has 2 aromatic carbocycles. The van der Waals surface area contributed by atoms with Crippen LogP contribution >= 0.6 is 11.6 Å². The number of ether oxygens (including phenoxy) is 1. The summed E-state index contributed by atoms with van der Waals surface area (Å²) in [5.74, 6) is 0.281. The van der Waals surface area contributed by atoms with Crippen molar-refractivity contribution >= 4 is 33.2 Å². The molecule has 0 aliphatic rings. The van der Waals surface area contributed by atoms with Gasteiger partial charge < -0.3 is 10.1 Å². The number of halogens is 1. The first kappa shape index (κ1) is 23.0. The Morgan fingerprint density at radius 3 is 2.31 bits per heavy atom. The number of benzene rings is 2. The van der Waals surface area contributed by atoms with Gasteiger partial charge in [0.15, 0.2) is 0 Å². The van der Waals surface area contributed by atoms with Gasteiger partial charge in [-0.05, 0) is 57.5 Å². The molecule has 0 aromatic heterocycles. The van der Waals surface area contributed by atoms with Crippen molar-refractivity contribution < 1.29 is 17.9 Å². The van der Waals surface area contributed by atoms with Crippen LogP contribution in [0.1, 0.15) is 25.0 Å². The van der Waals surface area contributed by atoms with Crippen molar-refractivity contribution in [2.75, 3.05) is 17.2 Å². The highest BCUT2D eigenvalue weighted by Crippen LogP contribution is 2.26. The topological polar surface area (TPSA) is 75.7 Å². The largest absolute Gasteiger partial charge is 0.491 e. The van der Waals surface area contributed by atoms with E-state index in [9.17, 15) is 13.2 Å². The highest BCUT2D eigenvalue weighted by atomic mass is 35.5. The van der Waals surface area contributed by atoms with Crippen molar-refractivity contribution in [3.05, 3.63) is 58.6 Å². The van der Waals surface area contributed by atoms with E-state index in [1.54, 1.807) is 25.1 Å². The van der Waals surface area contributed by atoms with Crippen LogP contribution in [0.3, 0.4) is 0 Å². The number of aryl methyl sites for hydroxylation is 2. The van der Waals surface area contributed by atoms with Gasteiger partial charge in [0.25, 0.3) is 0 Å². The number of nitrogens with one attached hydrogen (secondary N) is 1. The number of carbonyl (C=O) groups is 1. The molecule has 0 unspecified atom stereocenters. The molecule has 1 N–H and O–H groups in total. The summed E-state index contributed by atoms with van der Waals surface area (Å²) >= 11 is 6.15. The van der Waals surface area contributed by atoms with Crippen LogP contribution < -0.4 is 14.4 Å². The van der Waals surface area contributed by atoms with Crippen molar-refractivity contribution in [3.8, 4) is 5.75 Å². The lowest BCUT2D eigenvalue weighted by molar-refractivity contribution is -0.122. The second-order valence-electron chi connectivity index (χ2n) is 7.20. The first-order valence-electron chi connectivity index (χ1n) is 9.24. The minimum Gasteiger partial charge on any atom is -0.491 e. The second kappa shape index (κ2) is 9.50. The number of anilines is 1. The minimum atomic E-state index is -3.70. The van der Waals surface area contributed by atoms with Gasteiger partial charge in [-0.3, -0.25) is 9.10 Å². The van der Waals surface area contributed by atoms with E-state index in [2.05, 4.69) is 5.32 Å². The molecule has 0 saturated carbocycles. The number of hydrogen-bond donors (Lipinski definition) is 1. The predicted molar refractivity (Wildman–Crippen MR) is 117 cm³/mol. The number of carbonyl (C=O) groups excluding carboxylic acids is 1. The van der Waals surface area contributed by atoms with Gasteiger partial charge >= 0.3 is 0 Å². The van der Waals surface area contributed by atoms with Crippen LogP contribution in [-0.2, 0) is 14.8 Å². The van der Waals surface area contributed by atoms with E-state index in [0.29, 0.717) is 16.5 Å². The molecule has 0 heterocycles. The molecule has 1 amide bonds. The minimum absolute atomic E-state index is 0.261. The van der Waals surface area contributed by atoms with Gasteiger partial charge in [-0.15, -0.1) is 0 Å². The van der Waals surface area contributed by atoms with Crippen LogP contribution in [0, 0.1) is 13.8 Å². The molecular formula is C21H27ClN2O4S. The summed E-state index contributed by atoms with van der Waals surface area (Å²) < 4.78 is 31.5. The first-order chi connectivity index (χ1) is 13.5. The average Bonchev–Trinajstić information content (AvgIpc) is 2.63. The third-order valence-corrected chi connectivity index (χ3v) is 6.06. The lowest BCUT2D eigenvalue weighted by Crippen LogP contribution is -2.50. The van der Waals surface area contributed by atoms with Crippen LogP contribution in [0.15, 0.2) is 42.5 Å². The smallest absolute Gasteiger partial charge is 0.243 e. The quantitative estimate of drug-likeness (QED) is 0.681. The third-order valence-electron chi connectivity index (χ3n) is 4.41. The molecule has 0 fully saturated rings. The molecular weight excluding hydrogens is 412 g/mol. The monoisotopic (exact) mass is 438 g/mol. The zero-order chi connectivity index (χ0) is 21.8. The first-order valence-corrected chi connectivity index (χ1v) is 11.5. The summed E-state index contributed by atoms with van der Waals surface area (Å²) in [5.41, 5.74) is 2.29. The molecule has 0 aliphatic heterocycles. The van der Waals surface area contributed by atoms with Crippen LogP contribution in [0.25, 0.3) is 0 Å². The number of nitrogens with zero attached hydrogens (tertiary/aromatic N) is 1. The van der Waals surface area contributed by atoms with E-state index in [0.717, 1.165) is 21.7 Å². The van der Waals surface area contributed by atoms with E-state index in [1.165, 1.54) is 6.92 Å². The lowest BCUT2D eigenvalue weighted by Gasteiger charge is -2.29. The highest BCUT2D eigenvalue weighted by Gasteiger charge is 2.30. The second-order valence-corrected chi connectivity index (χ2v) is 9.47. The van der Waals surface area contributed by atoms with Crippen molar-refractivity contribution in [2.24, 2.45) is 0 Å². The van der Waals surface area contributed by atoms with Crippen molar-refractivity contribution in [1.82, 2.24) is 5.32 Å². The fraction of sp³-hybridized carbons (Fsp3) is 0.381. The van der Waals surface area contributed by atoms with Gasteiger partial charge in [-0.1, -0.05) is 35.4 Å². The Morgan fingerprint density at radius 1 is 1.14 bits per heavy atom. The van der Waals surface area contributed by atoms with E-state index in [1.807, 2.05) is 38.1 Å². The maximum Gasteiger partial charge on any atom is 0.243 e. The average molecular weight is 439 g/mol. The molecule has 0 bridgehead atoms. The molecule has 2 atom stereocenters. The van der Waals surface area contributed by atoms with E-state index in [-0.39, 0.29) is 12.6 Å². The molecule has 0 spiro atoms. The van der Waals surface area contributed by atoms with Gasteiger partial charge in [-0.2, -0.15) is 0 Å². The third kappa shape index (κ3) is 6.37. The van der Waals surface area contributed by atoms with Gasteiger partial charge in [0, 0.05) is 5.02 Å².